The Kier molecular flexibility index (Phi) is 7.85. The van der Waals surface area contributed by atoms with Gasteiger partial charge in [0.15, 0.2) is 0 Å². The Bertz CT molecular complexity index is 510. The number of carbonyl (C=O) groups is 2. The lowest BCUT2D eigenvalue weighted by Crippen LogP contribution is -2.32. The van der Waals surface area contributed by atoms with Gasteiger partial charge in [-0.25, -0.2) is 0 Å². The fourth-order valence-electron chi connectivity index (χ4n) is 2.45. The molecule has 5 nitrogen and oxygen atoms in total. The number of halogens is 2. The van der Waals surface area contributed by atoms with E-state index in [1.54, 1.807) is 0 Å². The molecule has 1 fully saturated rings. The van der Waals surface area contributed by atoms with Crippen molar-refractivity contribution in [3.63, 3.8) is 0 Å². The van der Waals surface area contributed by atoms with Crippen LogP contribution in [0.4, 0.5) is 5.69 Å². The summed E-state index contributed by atoms with van der Waals surface area (Å²) < 4.78 is 0.961. The molecule has 1 aliphatic rings. The molecule has 22 heavy (non-hydrogen) atoms. The summed E-state index contributed by atoms with van der Waals surface area (Å²) in [6.45, 7) is 0.354. The lowest BCUT2D eigenvalue weighted by Gasteiger charge is -2.11. The Morgan fingerprint density at radius 1 is 1.23 bits per heavy atom. The average Bonchev–Trinajstić information content (AvgIpc) is 2.88. The summed E-state index contributed by atoms with van der Waals surface area (Å²) in [5.41, 5.74) is 6.54. The Morgan fingerprint density at radius 2 is 1.91 bits per heavy atom. The Hall–Kier alpha value is -1.11. The van der Waals surface area contributed by atoms with Gasteiger partial charge in [0.25, 0.3) is 0 Å². The highest BCUT2D eigenvalue weighted by atomic mass is 79.9. The maximum atomic E-state index is 11.9. The van der Waals surface area contributed by atoms with Crippen LogP contribution in [0.15, 0.2) is 28.7 Å². The first kappa shape index (κ1) is 18.9. The summed E-state index contributed by atoms with van der Waals surface area (Å²) in [6.07, 6.45) is 2.76. The Balaban J connectivity index is 0.00000242. The molecule has 2 atom stereocenters. The van der Waals surface area contributed by atoms with E-state index in [2.05, 4.69) is 26.6 Å². The molecule has 1 aliphatic carbocycles. The largest absolute Gasteiger partial charge is 0.355 e. The van der Waals surface area contributed by atoms with Crippen LogP contribution in [0.5, 0.6) is 0 Å². The topological polar surface area (TPSA) is 84.2 Å². The first-order valence-corrected chi connectivity index (χ1v) is 7.92. The number of anilines is 1. The molecule has 2 unspecified atom stereocenters. The van der Waals surface area contributed by atoms with Crippen LogP contribution in [0.1, 0.15) is 25.7 Å². The SMILES string of the molecule is Cl.NC1CCC(C(=O)NCCC(=O)Nc2ccc(Br)cc2)C1. The van der Waals surface area contributed by atoms with Crippen LogP contribution in [0, 0.1) is 5.92 Å². The van der Waals surface area contributed by atoms with Crippen molar-refractivity contribution >= 4 is 45.8 Å². The molecule has 7 heteroatoms. The molecule has 122 valence electrons. The number of nitrogens with two attached hydrogens (primary N) is 1. The third-order valence-electron chi connectivity index (χ3n) is 3.62. The standard InChI is InChI=1S/C15H20BrN3O2.ClH/c16-11-2-5-13(6-3-11)19-14(20)7-8-18-15(21)10-1-4-12(17)9-10;/h2-3,5-6,10,12H,1,4,7-9,17H2,(H,18,21)(H,19,20);1H. The summed E-state index contributed by atoms with van der Waals surface area (Å²) >= 11 is 3.34. The van der Waals surface area contributed by atoms with Crippen LogP contribution >= 0.6 is 28.3 Å². The second-order valence-corrected chi connectivity index (χ2v) is 6.28. The number of hydrogen-bond acceptors (Lipinski definition) is 3. The van der Waals surface area contributed by atoms with Crippen molar-refractivity contribution in [2.45, 2.75) is 31.7 Å². The van der Waals surface area contributed by atoms with E-state index in [9.17, 15) is 9.59 Å². The van der Waals surface area contributed by atoms with E-state index in [0.29, 0.717) is 6.54 Å². The summed E-state index contributed by atoms with van der Waals surface area (Å²) in [4.78, 5) is 23.6. The summed E-state index contributed by atoms with van der Waals surface area (Å²) in [6, 6.07) is 7.50. The minimum absolute atomic E-state index is 0. The lowest BCUT2D eigenvalue weighted by atomic mass is 10.1. The van der Waals surface area contributed by atoms with Gasteiger partial charge in [-0.05, 0) is 43.5 Å². The van der Waals surface area contributed by atoms with Gasteiger partial charge in [-0.2, -0.15) is 0 Å². The fourth-order valence-corrected chi connectivity index (χ4v) is 2.72. The maximum absolute atomic E-state index is 11.9. The normalized spacial score (nSPS) is 20.1. The van der Waals surface area contributed by atoms with Crippen LogP contribution in [0.25, 0.3) is 0 Å². The molecule has 2 rings (SSSR count). The first-order chi connectivity index (χ1) is 10.0. The van der Waals surface area contributed by atoms with E-state index in [-0.39, 0.29) is 42.6 Å². The highest BCUT2D eigenvalue weighted by Gasteiger charge is 2.27. The number of rotatable bonds is 5. The van der Waals surface area contributed by atoms with Crippen molar-refractivity contribution in [1.82, 2.24) is 5.32 Å². The van der Waals surface area contributed by atoms with Gasteiger partial charge in [0.05, 0.1) is 0 Å². The van der Waals surface area contributed by atoms with E-state index in [4.69, 9.17) is 5.73 Å². The quantitative estimate of drug-likeness (QED) is 0.722. The van der Waals surface area contributed by atoms with E-state index in [1.165, 1.54) is 0 Å². The Labute approximate surface area is 144 Å². The van der Waals surface area contributed by atoms with Crippen molar-refractivity contribution in [2.24, 2.45) is 11.7 Å². The van der Waals surface area contributed by atoms with Gasteiger partial charge < -0.3 is 16.4 Å². The van der Waals surface area contributed by atoms with Crippen molar-refractivity contribution in [3.8, 4) is 0 Å². The van der Waals surface area contributed by atoms with E-state index in [0.717, 1.165) is 29.4 Å². The molecule has 0 aromatic heterocycles. The van der Waals surface area contributed by atoms with Crippen LogP contribution in [0.2, 0.25) is 0 Å². The van der Waals surface area contributed by atoms with Crippen LogP contribution < -0.4 is 16.4 Å². The zero-order valence-corrected chi connectivity index (χ0v) is 14.6. The second kappa shape index (κ2) is 9.12. The van der Waals surface area contributed by atoms with Gasteiger partial charge in [0.1, 0.15) is 0 Å². The predicted octanol–water partition coefficient (Wildman–Crippen LogP) is 2.44. The lowest BCUT2D eigenvalue weighted by molar-refractivity contribution is -0.124. The monoisotopic (exact) mass is 389 g/mol. The van der Waals surface area contributed by atoms with Crippen molar-refractivity contribution < 1.29 is 9.59 Å². The number of benzene rings is 1. The van der Waals surface area contributed by atoms with Crippen molar-refractivity contribution in [3.05, 3.63) is 28.7 Å². The predicted molar refractivity (Wildman–Crippen MR) is 93.0 cm³/mol. The van der Waals surface area contributed by atoms with Crippen LogP contribution in [-0.2, 0) is 9.59 Å². The molecule has 0 spiro atoms. The number of carbonyl (C=O) groups excluding carboxylic acids is 2. The average molecular weight is 391 g/mol. The van der Waals surface area contributed by atoms with Gasteiger partial charge in [-0.15, -0.1) is 12.4 Å². The molecular weight excluding hydrogens is 370 g/mol. The molecule has 0 bridgehead atoms. The highest BCUT2D eigenvalue weighted by molar-refractivity contribution is 9.10. The fraction of sp³-hybridized carbons (Fsp3) is 0.467. The van der Waals surface area contributed by atoms with Gasteiger partial charge >= 0.3 is 0 Å². The highest BCUT2D eigenvalue weighted by Crippen LogP contribution is 2.23. The zero-order valence-electron chi connectivity index (χ0n) is 12.2. The molecule has 2 amide bonds. The molecule has 1 aromatic carbocycles. The maximum Gasteiger partial charge on any atom is 0.226 e. The smallest absolute Gasteiger partial charge is 0.226 e. The number of nitrogens with one attached hydrogen (secondary N) is 2. The summed E-state index contributed by atoms with van der Waals surface area (Å²) in [5.74, 6) is -0.0883. The van der Waals surface area contributed by atoms with E-state index < -0.39 is 0 Å². The van der Waals surface area contributed by atoms with E-state index in [1.807, 2.05) is 24.3 Å². The molecule has 0 saturated heterocycles. The molecule has 4 N–H and O–H groups in total. The third-order valence-corrected chi connectivity index (χ3v) is 4.15. The van der Waals surface area contributed by atoms with Crippen molar-refractivity contribution in [2.75, 3.05) is 11.9 Å². The number of amides is 2. The first-order valence-electron chi connectivity index (χ1n) is 7.13. The van der Waals surface area contributed by atoms with E-state index >= 15 is 0 Å². The molecular formula is C15H21BrClN3O2. The molecule has 0 radical (unpaired) electrons. The van der Waals surface area contributed by atoms with Gasteiger partial charge in [-0.3, -0.25) is 9.59 Å². The molecule has 0 heterocycles. The molecule has 1 aromatic rings. The number of hydrogen-bond donors (Lipinski definition) is 3. The summed E-state index contributed by atoms with van der Waals surface area (Å²) in [7, 11) is 0. The van der Waals surface area contributed by atoms with Crippen molar-refractivity contribution in [1.29, 1.82) is 0 Å². The minimum atomic E-state index is -0.110. The van der Waals surface area contributed by atoms with Crippen LogP contribution in [-0.4, -0.2) is 24.4 Å². The Morgan fingerprint density at radius 3 is 2.50 bits per heavy atom. The minimum Gasteiger partial charge on any atom is -0.355 e. The van der Waals surface area contributed by atoms with Gasteiger partial charge in [0.2, 0.25) is 11.8 Å². The molecule has 0 aliphatic heterocycles. The van der Waals surface area contributed by atoms with Gasteiger partial charge in [-0.1, -0.05) is 15.9 Å². The zero-order chi connectivity index (χ0) is 15.2. The van der Waals surface area contributed by atoms with Gasteiger partial charge in [0, 0.05) is 35.1 Å². The van der Waals surface area contributed by atoms with Crippen LogP contribution in [0.3, 0.4) is 0 Å². The summed E-state index contributed by atoms with van der Waals surface area (Å²) in [5, 5.41) is 5.60. The molecule has 1 saturated carbocycles. The third kappa shape index (κ3) is 5.94. The second-order valence-electron chi connectivity index (χ2n) is 5.37.